The number of carbonyl (C=O) groups excluding carboxylic acids is 2. The smallest absolute Gasteiger partial charge is 0.284 e. The average molecular weight is 272 g/mol. The molecule has 3 N–H and O–H groups in total. The van der Waals surface area contributed by atoms with Crippen molar-refractivity contribution in [2.75, 3.05) is 31.1 Å². The van der Waals surface area contributed by atoms with Crippen molar-refractivity contribution in [3.05, 3.63) is 41.7 Å². The van der Waals surface area contributed by atoms with Crippen LogP contribution >= 0.6 is 0 Å². The highest BCUT2D eigenvalue weighted by Crippen LogP contribution is 2.26. The number of nitrogens with two attached hydrogens (primary N) is 1. The number of rotatable bonds is 2. The molecule has 0 aromatic heterocycles. The van der Waals surface area contributed by atoms with E-state index in [1.165, 1.54) is 0 Å². The van der Waals surface area contributed by atoms with Gasteiger partial charge in [-0.1, -0.05) is 18.2 Å². The summed E-state index contributed by atoms with van der Waals surface area (Å²) in [6.45, 7) is 2.92. The first-order chi connectivity index (χ1) is 9.70. The van der Waals surface area contributed by atoms with Crippen molar-refractivity contribution in [3.8, 4) is 0 Å². The summed E-state index contributed by atoms with van der Waals surface area (Å²) in [4.78, 5) is 27.8. The van der Waals surface area contributed by atoms with E-state index in [2.05, 4.69) is 5.32 Å². The number of piperazine rings is 1. The zero-order chi connectivity index (χ0) is 14.1. The maximum Gasteiger partial charge on any atom is 0.284 e. The lowest BCUT2D eigenvalue weighted by molar-refractivity contribution is -0.121. The van der Waals surface area contributed by atoms with E-state index in [0.717, 1.165) is 18.0 Å². The predicted octanol–water partition coefficient (Wildman–Crippen LogP) is -0.365. The number of carbonyl (C=O) groups is 2. The molecule has 0 saturated carbocycles. The Morgan fingerprint density at radius 3 is 2.30 bits per heavy atom. The molecule has 1 fully saturated rings. The van der Waals surface area contributed by atoms with Crippen LogP contribution in [0.15, 0.2) is 41.7 Å². The van der Waals surface area contributed by atoms with Crippen LogP contribution in [0.3, 0.4) is 0 Å². The molecule has 6 nitrogen and oxygen atoms in total. The van der Waals surface area contributed by atoms with Gasteiger partial charge >= 0.3 is 0 Å². The van der Waals surface area contributed by atoms with Gasteiger partial charge in [0.15, 0.2) is 0 Å². The summed E-state index contributed by atoms with van der Waals surface area (Å²) in [5.74, 6) is -0.768. The van der Waals surface area contributed by atoms with Crippen molar-refractivity contribution >= 4 is 17.5 Å². The molecule has 0 spiro atoms. The highest BCUT2D eigenvalue weighted by atomic mass is 16.2. The fraction of sp³-hybridized carbons (Fsp3) is 0.286. The first kappa shape index (κ1) is 12.7. The van der Waals surface area contributed by atoms with Crippen LogP contribution in [-0.2, 0) is 9.59 Å². The van der Waals surface area contributed by atoms with Gasteiger partial charge in [0.25, 0.3) is 11.8 Å². The average Bonchev–Trinajstić information content (AvgIpc) is 2.71. The number of nitrogens with zero attached hydrogens (tertiary/aromatic N) is 2. The summed E-state index contributed by atoms with van der Waals surface area (Å²) >= 11 is 0. The van der Waals surface area contributed by atoms with E-state index in [1.807, 2.05) is 11.0 Å². The standard InChI is InChI=1S/C14H16N4O2/c15-11-12(17-8-6-16-7-9-17)14(20)18(13(11)19)10-4-2-1-3-5-10/h1-5,16H,6-9,15H2. The molecule has 0 unspecified atom stereocenters. The number of nitrogens with one attached hydrogen (secondary N) is 1. The highest BCUT2D eigenvalue weighted by Gasteiger charge is 2.40. The third-order valence-corrected chi connectivity index (χ3v) is 3.54. The van der Waals surface area contributed by atoms with E-state index in [9.17, 15) is 9.59 Å². The number of hydrogen-bond acceptors (Lipinski definition) is 5. The minimum atomic E-state index is -0.435. The topological polar surface area (TPSA) is 78.7 Å². The summed E-state index contributed by atoms with van der Waals surface area (Å²) in [5.41, 5.74) is 6.80. The second kappa shape index (κ2) is 4.97. The fourth-order valence-electron chi connectivity index (χ4n) is 2.54. The molecular formula is C14H16N4O2. The van der Waals surface area contributed by atoms with Gasteiger partial charge in [0.05, 0.1) is 5.69 Å². The Morgan fingerprint density at radius 2 is 1.65 bits per heavy atom. The molecule has 2 aliphatic heterocycles. The Morgan fingerprint density at radius 1 is 1.00 bits per heavy atom. The number of anilines is 1. The Balaban J connectivity index is 1.93. The van der Waals surface area contributed by atoms with Gasteiger partial charge in [-0.05, 0) is 12.1 Å². The summed E-state index contributed by atoms with van der Waals surface area (Å²) in [6, 6.07) is 8.86. The summed E-state index contributed by atoms with van der Waals surface area (Å²) in [6.07, 6.45) is 0. The molecule has 104 valence electrons. The van der Waals surface area contributed by atoms with Gasteiger partial charge in [-0.15, -0.1) is 0 Å². The predicted molar refractivity (Wildman–Crippen MR) is 74.6 cm³/mol. The Labute approximate surface area is 116 Å². The number of hydrogen-bond donors (Lipinski definition) is 2. The van der Waals surface area contributed by atoms with Crippen LogP contribution in [0.2, 0.25) is 0 Å². The second-order valence-electron chi connectivity index (χ2n) is 4.78. The van der Waals surface area contributed by atoms with Crippen molar-refractivity contribution in [3.63, 3.8) is 0 Å². The maximum absolute atomic E-state index is 12.5. The van der Waals surface area contributed by atoms with Crippen LogP contribution in [0.5, 0.6) is 0 Å². The van der Waals surface area contributed by atoms with Gasteiger partial charge in [0, 0.05) is 26.2 Å². The molecule has 1 saturated heterocycles. The second-order valence-corrected chi connectivity index (χ2v) is 4.78. The molecule has 20 heavy (non-hydrogen) atoms. The monoisotopic (exact) mass is 272 g/mol. The highest BCUT2D eigenvalue weighted by molar-refractivity contribution is 6.32. The molecule has 0 atom stereocenters. The molecule has 3 rings (SSSR count). The van der Waals surface area contributed by atoms with Crippen molar-refractivity contribution in [2.24, 2.45) is 5.73 Å². The van der Waals surface area contributed by atoms with Crippen LogP contribution in [0.1, 0.15) is 0 Å². The summed E-state index contributed by atoms with van der Waals surface area (Å²) in [5, 5.41) is 3.21. The first-order valence-electron chi connectivity index (χ1n) is 6.59. The normalized spacial score (nSPS) is 20.0. The molecule has 0 aliphatic carbocycles. The third kappa shape index (κ3) is 1.94. The number of benzene rings is 1. The Bertz CT molecular complexity index is 576. The number of imide groups is 1. The lowest BCUT2D eigenvalue weighted by Gasteiger charge is -2.29. The zero-order valence-electron chi connectivity index (χ0n) is 11.0. The van der Waals surface area contributed by atoms with Crippen LogP contribution in [-0.4, -0.2) is 42.9 Å². The van der Waals surface area contributed by atoms with Crippen LogP contribution in [0.4, 0.5) is 5.69 Å². The van der Waals surface area contributed by atoms with Crippen molar-refractivity contribution in [2.45, 2.75) is 0 Å². The van der Waals surface area contributed by atoms with E-state index in [1.54, 1.807) is 24.3 Å². The van der Waals surface area contributed by atoms with Gasteiger partial charge in [-0.2, -0.15) is 0 Å². The Kier molecular flexibility index (Phi) is 3.15. The summed E-state index contributed by atoms with van der Waals surface area (Å²) < 4.78 is 0. The lowest BCUT2D eigenvalue weighted by Crippen LogP contribution is -2.45. The van der Waals surface area contributed by atoms with Gasteiger partial charge in [-0.25, -0.2) is 4.90 Å². The van der Waals surface area contributed by atoms with Gasteiger partial charge < -0.3 is 16.0 Å². The van der Waals surface area contributed by atoms with Crippen molar-refractivity contribution in [1.29, 1.82) is 0 Å². The SMILES string of the molecule is NC1=C(N2CCNCC2)C(=O)N(c2ccccc2)C1=O. The zero-order valence-corrected chi connectivity index (χ0v) is 11.0. The largest absolute Gasteiger partial charge is 0.392 e. The van der Waals surface area contributed by atoms with Crippen LogP contribution in [0, 0.1) is 0 Å². The molecule has 6 heteroatoms. The quantitative estimate of drug-likeness (QED) is 0.719. The minimum Gasteiger partial charge on any atom is -0.392 e. The lowest BCUT2D eigenvalue weighted by atomic mass is 10.2. The van der Waals surface area contributed by atoms with Crippen LogP contribution < -0.4 is 16.0 Å². The third-order valence-electron chi connectivity index (χ3n) is 3.54. The molecule has 1 aromatic rings. The van der Waals surface area contributed by atoms with Gasteiger partial charge in [-0.3, -0.25) is 9.59 Å². The molecule has 0 radical (unpaired) electrons. The van der Waals surface area contributed by atoms with Crippen molar-refractivity contribution < 1.29 is 9.59 Å². The molecular weight excluding hydrogens is 256 g/mol. The van der Waals surface area contributed by atoms with E-state index in [0.29, 0.717) is 24.5 Å². The molecule has 2 amide bonds. The maximum atomic E-state index is 12.5. The minimum absolute atomic E-state index is 0.0424. The molecule has 0 bridgehead atoms. The van der Waals surface area contributed by atoms with E-state index in [4.69, 9.17) is 5.73 Å². The van der Waals surface area contributed by atoms with Crippen LogP contribution in [0.25, 0.3) is 0 Å². The first-order valence-corrected chi connectivity index (χ1v) is 6.59. The van der Waals surface area contributed by atoms with E-state index < -0.39 is 5.91 Å². The Hall–Kier alpha value is -2.34. The van der Waals surface area contributed by atoms with Gasteiger partial charge in [0.2, 0.25) is 0 Å². The van der Waals surface area contributed by atoms with Crippen molar-refractivity contribution in [1.82, 2.24) is 10.2 Å². The summed E-state index contributed by atoms with van der Waals surface area (Å²) in [7, 11) is 0. The number of amides is 2. The number of para-hydroxylation sites is 1. The van der Waals surface area contributed by atoms with E-state index in [-0.39, 0.29) is 11.6 Å². The molecule has 2 heterocycles. The molecule has 1 aromatic carbocycles. The van der Waals surface area contributed by atoms with E-state index >= 15 is 0 Å². The fourth-order valence-corrected chi connectivity index (χ4v) is 2.54. The van der Waals surface area contributed by atoms with Gasteiger partial charge in [0.1, 0.15) is 11.4 Å². The molecule has 2 aliphatic rings.